The maximum atomic E-state index is 12.2. The number of carbonyl (C=O) groups is 2. The SMILES string of the molecule is Cc1ccc(C=CC(=O)N2CCCC2(C)C(=O)O)cc1. The fourth-order valence-corrected chi connectivity index (χ4v) is 2.47. The molecule has 4 nitrogen and oxygen atoms in total. The Morgan fingerprint density at radius 1 is 1.30 bits per heavy atom. The summed E-state index contributed by atoms with van der Waals surface area (Å²) in [4.78, 5) is 25.0. The van der Waals surface area contributed by atoms with Crippen molar-refractivity contribution in [3.8, 4) is 0 Å². The van der Waals surface area contributed by atoms with E-state index >= 15 is 0 Å². The van der Waals surface area contributed by atoms with Gasteiger partial charge in [0.25, 0.3) is 0 Å². The number of rotatable bonds is 3. The maximum Gasteiger partial charge on any atom is 0.329 e. The Bertz CT molecular complexity index is 547. The number of benzene rings is 1. The molecular formula is C16H19NO3. The van der Waals surface area contributed by atoms with Crippen LogP contribution in [0.5, 0.6) is 0 Å². The average molecular weight is 273 g/mol. The van der Waals surface area contributed by atoms with Crippen molar-refractivity contribution >= 4 is 18.0 Å². The number of nitrogens with zero attached hydrogens (tertiary/aromatic N) is 1. The third-order valence-corrected chi connectivity index (χ3v) is 3.86. The summed E-state index contributed by atoms with van der Waals surface area (Å²) in [6.07, 6.45) is 4.42. The molecule has 0 aromatic heterocycles. The summed E-state index contributed by atoms with van der Waals surface area (Å²) >= 11 is 0. The molecule has 0 aliphatic carbocycles. The highest BCUT2D eigenvalue weighted by atomic mass is 16.4. The molecule has 106 valence electrons. The zero-order chi connectivity index (χ0) is 14.8. The monoisotopic (exact) mass is 273 g/mol. The van der Waals surface area contributed by atoms with Crippen LogP contribution in [0.2, 0.25) is 0 Å². The van der Waals surface area contributed by atoms with Gasteiger partial charge < -0.3 is 10.0 Å². The Hall–Kier alpha value is -2.10. The van der Waals surface area contributed by atoms with Gasteiger partial charge in [-0.25, -0.2) is 4.79 Å². The highest BCUT2D eigenvalue weighted by molar-refractivity contribution is 5.96. The van der Waals surface area contributed by atoms with Crippen LogP contribution in [0.15, 0.2) is 30.3 Å². The molecule has 1 aliphatic heterocycles. The fourth-order valence-electron chi connectivity index (χ4n) is 2.47. The first-order valence-corrected chi connectivity index (χ1v) is 6.73. The smallest absolute Gasteiger partial charge is 0.329 e. The van der Waals surface area contributed by atoms with Crippen molar-refractivity contribution in [1.82, 2.24) is 4.90 Å². The molecule has 2 rings (SSSR count). The van der Waals surface area contributed by atoms with Gasteiger partial charge in [-0.15, -0.1) is 0 Å². The van der Waals surface area contributed by atoms with Gasteiger partial charge in [-0.3, -0.25) is 4.79 Å². The predicted octanol–water partition coefficient (Wildman–Crippen LogP) is 2.47. The second kappa shape index (κ2) is 5.49. The number of hydrogen-bond donors (Lipinski definition) is 1. The third-order valence-electron chi connectivity index (χ3n) is 3.86. The zero-order valence-corrected chi connectivity index (χ0v) is 11.8. The summed E-state index contributed by atoms with van der Waals surface area (Å²) in [5, 5.41) is 9.29. The lowest BCUT2D eigenvalue weighted by Crippen LogP contribution is -2.50. The Balaban J connectivity index is 2.12. The summed E-state index contributed by atoms with van der Waals surface area (Å²) in [5.41, 5.74) is 1.01. The molecule has 0 spiro atoms. The van der Waals surface area contributed by atoms with E-state index in [1.807, 2.05) is 31.2 Å². The second-order valence-electron chi connectivity index (χ2n) is 5.42. The molecule has 1 amide bonds. The summed E-state index contributed by atoms with van der Waals surface area (Å²) in [6, 6.07) is 7.81. The largest absolute Gasteiger partial charge is 0.480 e. The number of likely N-dealkylation sites (tertiary alicyclic amines) is 1. The number of amides is 1. The summed E-state index contributed by atoms with van der Waals surface area (Å²) in [6.45, 7) is 4.11. The lowest BCUT2D eigenvalue weighted by Gasteiger charge is -2.30. The van der Waals surface area contributed by atoms with E-state index in [4.69, 9.17) is 0 Å². The van der Waals surface area contributed by atoms with Crippen molar-refractivity contribution in [1.29, 1.82) is 0 Å². The minimum atomic E-state index is -1.07. The van der Waals surface area contributed by atoms with Crippen LogP contribution >= 0.6 is 0 Å². The van der Waals surface area contributed by atoms with E-state index in [1.165, 1.54) is 11.0 Å². The zero-order valence-electron chi connectivity index (χ0n) is 11.8. The highest BCUT2D eigenvalue weighted by Crippen LogP contribution is 2.29. The van der Waals surface area contributed by atoms with Crippen LogP contribution in [0, 0.1) is 6.92 Å². The van der Waals surface area contributed by atoms with Crippen molar-refractivity contribution in [2.24, 2.45) is 0 Å². The van der Waals surface area contributed by atoms with Gasteiger partial charge in [0.15, 0.2) is 0 Å². The normalized spacial score (nSPS) is 22.4. The molecule has 0 radical (unpaired) electrons. The van der Waals surface area contributed by atoms with Crippen molar-refractivity contribution in [2.75, 3.05) is 6.54 Å². The first kappa shape index (κ1) is 14.3. The third kappa shape index (κ3) is 2.74. The van der Waals surface area contributed by atoms with Crippen LogP contribution < -0.4 is 0 Å². The first-order chi connectivity index (χ1) is 9.43. The van der Waals surface area contributed by atoms with Crippen LogP contribution in [0.3, 0.4) is 0 Å². The lowest BCUT2D eigenvalue weighted by molar-refractivity contribution is -0.153. The summed E-state index contributed by atoms with van der Waals surface area (Å²) in [7, 11) is 0. The van der Waals surface area contributed by atoms with Crippen LogP contribution in [-0.2, 0) is 9.59 Å². The molecule has 1 aromatic carbocycles. The van der Waals surface area contributed by atoms with E-state index in [-0.39, 0.29) is 5.91 Å². The quantitative estimate of drug-likeness (QED) is 0.861. The Morgan fingerprint density at radius 3 is 2.55 bits per heavy atom. The molecule has 1 fully saturated rings. The minimum absolute atomic E-state index is 0.243. The molecule has 0 saturated carbocycles. The lowest BCUT2D eigenvalue weighted by atomic mass is 9.99. The fraction of sp³-hybridized carbons (Fsp3) is 0.375. The molecule has 1 atom stereocenters. The predicted molar refractivity (Wildman–Crippen MR) is 77.2 cm³/mol. The van der Waals surface area contributed by atoms with Crippen molar-refractivity contribution < 1.29 is 14.7 Å². The number of hydrogen-bond acceptors (Lipinski definition) is 2. The molecule has 20 heavy (non-hydrogen) atoms. The second-order valence-corrected chi connectivity index (χ2v) is 5.42. The van der Waals surface area contributed by atoms with Crippen molar-refractivity contribution in [3.63, 3.8) is 0 Å². The number of carbonyl (C=O) groups excluding carboxylic acids is 1. The van der Waals surface area contributed by atoms with Gasteiger partial charge in [0.05, 0.1) is 0 Å². The van der Waals surface area contributed by atoms with Crippen LogP contribution in [0.1, 0.15) is 30.9 Å². The van der Waals surface area contributed by atoms with Gasteiger partial charge in [-0.1, -0.05) is 29.8 Å². The molecule has 1 unspecified atom stereocenters. The van der Waals surface area contributed by atoms with Gasteiger partial charge in [-0.05, 0) is 38.3 Å². The summed E-state index contributed by atoms with van der Waals surface area (Å²) in [5.74, 6) is -1.18. The van der Waals surface area contributed by atoms with E-state index in [9.17, 15) is 14.7 Å². The van der Waals surface area contributed by atoms with E-state index in [0.717, 1.165) is 17.5 Å². The number of aryl methyl sites for hydroxylation is 1. The molecule has 1 heterocycles. The molecule has 4 heteroatoms. The Labute approximate surface area is 118 Å². The maximum absolute atomic E-state index is 12.2. The standard InChI is InChI=1S/C16H19NO3/c1-12-4-6-13(7-5-12)8-9-14(18)17-11-3-10-16(17,2)15(19)20/h4-9H,3,10-11H2,1-2H3,(H,19,20). The van der Waals surface area contributed by atoms with Crippen molar-refractivity contribution in [2.45, 2.75) is 32.2 Å². The van der Waals surface area contributed by atoms with E-state index in [1.54, 1.807) is 13.0 Å². The van der Waals surface area contributed by atoms with Gasteiger partial charge in [0, 0.05) is 12.6 Å². The molecule has 1 aromatic rings. The van der Waals surface area contributed by atoms with Gasteiger partial charge in [0.2, 0.25) is 5.91 Å². The van der Waals surface area contributed by atoms with E-state index < -0.39 is 11.5 Å². The van der Waals surface area contributed by atoms with Crippen LogP contribution in [0.4, 0.5) is 0 Å². The molecule has 0 bridgehead atoms. The molecule has 1 saturated heterocycles. The highest BCUT2D eigenvalue weighted by Gasteiger charge is 2.45. The van der Waals surface area contributed by atoms with Gasteiger partial charge >= 0.3 is 5.97 Å². The molecule has 1 aliphatic rings. The Morgan fingerprint density at radius 2 is 1.95 bits per heavy atom. The Kier molecular flexibility index (Phi) is 3.93. The molecule has 1 N–H and O–H groups in total. The number of aliphatic carboxylic acids is 1. The minimum Gasteiger partial charge on any atom is -0.480 e. The average Bonchev–Trinajstić information content (AvgIpc) is 2.81. The van der Waals surface area contributed by atoms with E-state index in [2.05, 4.69) is 0 Å². The number of carboxylic acids is 1. The van der Waals surface area contributed by atoms with E-state index in [0.29, 0.717) is 13.0 Å². The van der Waals surface area contributed by atoms with Crippen LogP contribution in [-0.4, -0.2) is 34.0 Å². The summed E-state index contributed by atoms with van der Waals surface area (Å²) < 4.78 is 0. The van der Waals surface area contributed by atoms with Crippen molar-refractivity contribution in [3.05, 3.63) is 41.5 Å². The van der Waals surface area contributed by atoms with Gasteiger partial charge in [-0.2, -0.15) is 0 Å². The molecular weight excluding hydrogens is 254 g/mol. The topological polar surface area (TPSA) is 57.6 Å². The first-order valence-electron chi connectivity index (χ1n) is 6.73. The van der Waals surface area contributed by atoms with Crippen LogP contribution in [0.25, 0.3) is 6.08 Å². The van der Waals surface area contributed by atoms with Gasteiger partial charge in [0.1, 0.15) is 5.54 Å². The number of carboxylic acid groups (broad SMARTS) is 1.